The average Bonchev–Trinajstić information content (AvgIpc) is 2.92. The number of hydrogen-bond donors (Lipinski definition) is 2. The zero-order valence-corrected chi connectivity index (χ0v) is 26.9. The zero-order valence-electron chi connectivity index (χ0n) is 25.0. The van der Waals surface area contributed by atoms with Gasteiger partial charge in [-0.1, -0.05) is 99.1 Å². The molecule has 9 heteroatoms. The minimum atomic E-state index is -3.95. The van der Waals surface area contributed by atoms with Crippen LogP contribution < -0.4 is 4.72 Å². The molecule has 41 heavy (non-hydrogen) atoms. The van der Waals surface area contributed by atoms with Gasteiger partial charge < -0.3 is 19.0 Å². The summed E-state index contributed by atoms with van der Waals surface area (Å²) in [7, 11) is -6.15. The molecule has 0 saturated heterocycles. The van der Waals surface area contributed by atoms with Crippen LogP contribution in [0, 0.1) is 6.92 Å². The van der Waals surface area contributed by atoms with Gasteiger partial charge in [0.15, 0.2) is 8.32 Å². The van der Waals surface area contributed by atoms with E-state index in [0.29, 0.717) is 0 Å². The second-order valence-electron chi connectivity index (χ2n) is 11.9. The van der Waals surface area contributed by atoms with E-state index in [9.17, 15) is 13.5 Å². The van der Waals surface area contributed by atoms with Gasteiger partial charge in [-0.2, -0.15) is 0 Å². The summed E-state index contributed by atoms with van der Waals surface area (Å²) >= 11 is 0. The third kappa shape index (κ3) is 10.1. The number of nitrogens with one attached hydrogen (secondary N) is 1. The third-order valence-corrected chi connectivity index (χ3v) is 13.5. The fourth-order valence-corrected chi connectivity index (χ4v) is 6.18. The molecule has 0 spiro atoms. The number of sulfonamides is 1. The molecule has 0 heterocycles. The maximum Gasteiger partial charge on any atom is 0.240 e. The first-order valence-corrected chi connectivity index (χ1v) is 18.4. The van der Waals surface area contributed by atoms with Crippen molar-refractivity contribution in [2.75, 3.05) is 13.2 Å². The molecule has 0 aliphatic carbocycles. The summed E-state index contributed by atoms with van der Waals surface area (Å²) in [6.07, 6.45) is -2.06. The fourth-order valence-electron chi connectivity index (χ4n) is 3.93. The second kappa shape index (κ2) is 14.7. The van der Waals surface area contributed by atoms with Crippen LogP contribution in [0.4, 0.5) is 0 Å². The van der Waals surface area contributed by atoms with E-state index < -0.39 is 36.6 Å². The van der Waals surface area contributed by atoms with E-state index in [4.69, 9.17) is 13.9 Å². The molecule has 0 amide bonds. The molecule has 3 aromatic rings. The van der Waals surface area contributed by atoms with Crippen molar-refractivity contribution in [3.63, 3.8) is 0 Å². The van der Waals surface area contributed by atoms with E-state index in [2.05, 4.69) is 38.6 Å². The van der Waals surface area contributed by atoms with Crippen molar-refractivity contribution in [3.05, 3.63) is 102 Å². The highest BCUT2D eigenvalue weighted by Crippen LogP contribution is 2.36. The summed E-state index contributed by atoms with van der Waals surface area (Å²) in [6.45, 7) is 13.0. The van der Waals surface area contributed by atoms with Crippen molar-refractivity contribution in [3.8, 4) is 0 Å². The molecule has 7 nitrogen and oxygen atoms in total. The summed E-state index contributed by atoms with van der Waals surface area (Å²) in [5.74, 6) is 0. The lowest BCUT2D eigenvalue weighted by atomic mass is 10.1. The van der Waals surface area contributed by atoms with Crippen LogP contribution in [0.1, 0.15) is 37.5 Å². The summed E-state index contributed by atoms with van der Waals surface area (Å²) in [5.41, 5.74) is 2.81. The summed E-state index contributed by atoms with van der Waals surface area (Å²) in [5, 5.41) is 11.4. The van der Waals surface area contributed by atoms with Crippen LogP contribution >= 0.6 is 0 Å². The Balaban J connectivity index is 1.89. The monoisotopic (exact) mass is 599 g/mol. The summed E-state index contributed by atoms with van der Waals surface area (Å²) in [4.78, 5) is 0.130. The molecule has 0 fully saturated rings. The van der Waals surface area contributed by atoms with Gasteiger partial charge in [0.05, 0.1) is 37.4 Å². The normalized spacial score (nSPS) is 14.9. The number of ether oxygens (including phenoxy) is 2. The molecule has 3 aromatic carbocycles. The first-order valence-electron chi connectivity index (χ1n) is 14.0. The molecule has 0 unspecified atom stereocenters. The quantitative estimate of drug-likeness (QED) is 0.214. The molecule has 0 aliphatic rings. The zero-order chi connectivity index (χ0) is 30.1. The van der Waals surface area contributed by atoms with Gasteiger partial charge in [0.25, 0.3) is 0 Å². The smallest absolute Gasteiger partial charge is 0.240 e. The SMILES string of the molecule is Cc1ccc(S(=O)(=O)N[C@@H](COCc2ccccc2)[C@H](OCc2ccccc2)[C@H](O)CO[Si](C)(C)C(C)(C)C)cc1. The molecule has 3 atom stereocenters. The van der Waals surface area contributed by atoms with Crippen molar-refractivity contribution in [1.82, 2.24) is 4.72 Å². The molecule has 2 N–H and O–H groups in total. The lowest BCUT2D eigenvalue weighted by Crippen LogP contribution is -2.54. The summed E-state index contributed by atoms with van der Waals surface area (Å²) < 4.78 is 48.4. The fraction of sp³-hybridized carbons (Fsp3) is 0.438. The average molecular weight is 600 g/mol. The van der Waals surface area contributed by atoms with Gasteiger partial charge in [0.2, 0.25) is 10.0 Å². The van der Waals surface area contributed by atoms with Crippen LogP contribution in [0.2, 0.25) is 18.1 Å². The third-order valence-electron chi connectivity index (χ3n) is 7.53. The Labute approximate surface area is 247 Å². The van der Waals surface area contributed by atoms with Gasteiger partial charge in [-0.15, -0.1) is 0 Å². The molecule has 0 aromatic heterocycles. The van der Waals surface area contributed by atoms with Crippen LogP contribution in [0.3, 0.4) is 0 Å². The molecular formula is C32H45NO6SSi. The number of aliphatic hydroxyl groups excluding tert-OH is 1. The number of rotatable bonds is 15. The van der Waals surface area contributed by atoms with Crippen LogP contribution in [0.15, 0.2) is 89.8 Å². The highest BCUT2D eigenvalue weighted by atomic mass is 32.2. The molecular weight excluding hydrogens is 555 g/mol. The first-order chi connectivity index (χ1) is 19.3. The Kier molecular flexibility index (Phi) is 11.9. The van der Waals surface area contributed by atoms with Crippen molar-refractivity contribution in [2.24, 2.45) is 0 Å². The second-order valence-corrected chi connectivity index (χ2v) is 18.5. The molecule has 0 saturated carbocycles. The summed E-state index contributed by atoms with van der Waals surface area (Å²) in [6, 6.07) is 25.0. The van der Waals surface area contributed by atoms with Crippen LogP contribution in [-0.4, -0.2) is 53.3 Å². The molecule has 224 valence electrons. The van der Waals surface area contributed by atoms with E-state index in [0.717, 1.165) is 16.7 Å². The predicted octanol–water partition coefficient (Wildman–Crippen LogP) is 5.83. The minimum absolute atomic E-state index is 0.0113. The lowest BCUT2D eigenvalue weighted by molar-refractivity contribution is -0.0887. The van der Waals surface area contributed by atoms with Gasteiger partial charge in [-0.25, -0.2) is 13.1 Å². The predicted molar refractivity (Wildman–Crippen MR) is 166 cm³/mol. The Morgan fingerprint density at radius 3 is 1.90 bits per heavy atom. The van der Waals surface area contributed by atoms with Gasteiger partial charge in [0.1, 0.15) is 12.2 Å². The van der Waals surface area contributed by atoms with E-state index >= 15 is 0 Å². The van der Waals surface area contributed by atoms with E-state index in [1.165, 1.54) is 0 Å². The Morgan fingerprint density at radius 2 is 1.37 bits per heavy atom. The standard InChI is InChI=1S/C32H45NO6SSi/c1-25-17-19-28(20-18-25)40(35,36)33-29(23-37-21-26-13-9-7-10-14-26)31(38-22-27-15-11-8-12-16-27)30(34)24-39-41(5,6)32(2,3)4/h7-20,29-31,33-34H,21-24H2,1-6H3/t29-,30+,31-/m0/s1. The van der Waals surface area contributed by atoms with Gasteiger partial charge in [0, 0.05) is 0 Å². The number of aliphatic hydroxyl groups is 1. The van der Waals surface area contributed by atoms with Crippen LogP contribution in [0.25, 0.3) is 0 Å². The maximum atomic E-state index is 13.5. The number of aryl methyl sites for hydroxylation is 1. The van der Waals surface area contributed by atoms with Crippen LogP contribution in [0.5, 0.6) is 0 Å². The van der Waals surface area contributed by atoms with Gasteiger partial charge >= 0.3 is 0 Å². The van der Waals surface area contributed by atoms with E-state index in [1.807, 2.05) is 67.6 Å². The van der Waals surface area contributed by atoms with E-state index in [-0.39, 0.29) is 36.4 Å². The molecule has 3 rings (SSSR count). The lowest BCUT2D eigenvalue weighted by Gasteiger charge is -2.38. The first kappa shape index (κ1) is 33.1. The molecule has 0 aliphatic heterocycles. The largest absolute Gasteiger partial charge is 0.414 e. The molecule has 0 bridgehead atoms. The maximum absolute atomic E-state index is 13.5. The van der Waals surface area contributed by atoms with Crippen molar-refractivity contribution in [1.29, 1.82) is 0 Å². The van der Waals surface area contributed by atoms with Gasteiger partial charge in [-0.3, -0.25) is 0 Å². The van der Waals surface area contributed by atoms with Crippen molar-refractivity contribution < 1.29 is 27.4 Å². The minimum Gasteiger partial charge on any atom is -0.414 e. The number of benzene rings is 3. The van der Waals surface area contributed by atoms with Gasteiger partial charge in [-0.05, 0) is 48.3 Å². The highest BCUT2D eigenvalue weighted by molar-refractivity contribution is 7.89. The molecule has 0 radical (unpaired) electrons. The number of hydrogen-bond acceptors (Lipinski definition) is 6. The van der Waals surface area contributed by atoms with E-state index in [1.54, 1.807) is 24.3 Å². The Bertz CT molecular complexity index is 1300. The van der Waals surface area contributed by atoms with Crippen molar-refractivity contribution >= 4 is 18.3 Å². The Morgan fingerprint density at radius 1 is 0.829 bits per heavy atom. The van der Waals surface area contributed by atoms with Crippen molar-refractivity contribution in [2.45, 2.75) is 82.2 Å². The highest BCUT2D eigenvalue weighted by Gasteiger charge is 2.40. The Hall–Kier alpha value is -2.37. The topological polar surface area (TPSA) is 94.1 Å². The van der Waals surface area contributed by atoms with Crippen LogP contribution in [-0.2, 0) is 37.1 Å².